The van der Waals surface area contributed by atoms with Gasteiger partial charge in [0.25, 0.3) is 24.1 Å². The van der Waals surface area contributed by atoms with Crippen LogP contribution in [0.2, 0.25) is 29.5 Å². The van der Waals surface area contributed by atoms with Gasteiger partial charge in [-0.15, -0.1) is 27.7 Å². The van der Waals surface area contributed by atoms with E-state index in [1.54, 1.807) is 128 Å². The van der Waals surface area contributed by atoms with Gasteiger partial charge in [-0.25, -0.2) is 60.2 Å². The zero-order valence-corrected chi connectivity index (χ0v) is 62.7. The molecule has 6 aromatic rings. The number of rotatable bonds is 19. The lowest BCUT2D eigenvalue weighted by atomic mass is 10.2. The molecule has 3 aliphatic rings. The summed E-state index contributed by atoms with van der Waals surface area (Å²) in [4.78, 5) is 88.8. The van der Waals surface area contributed by atoms with E-state index in [9.17, 15) is 40.5 Å². The minimum absolute atomic E-state index is 0.0833. The van der Waals surface area contributed by atoms with E-state index in [1.807, 2.05) is 65.0 Å². The second kappa shape index (κ2) is 45.4. The molecule has 3 aliphatic heterocycles. The maximum Gasteiger partial charge on any atom is 0.277 e. The molecule has 3 saturated heterocycles. The molecule has 0 spiro atoms. The van der Waals surface area contributed by atoms with E-state index in [4.69, 9.17) is 84.9 Å². The van der Waals surface area contributed by atoms with E-state index in [0.717, 1.165) is 62.2 Å². The summed E-state index contributed by atoms with van der Waals surface area (Å²) in [5.74, 6) is 2.79. The molecule has 0 radical (unpaired) electrons. The van der Waals surface area contributed by atoms with E-state index in [0.29, 0.717) is 99.8 Å². The normalized spacial score (nSPS) is 14.9. The highest BCUT2D eigenvalue weighted by Crippen LogP contribution is 2.24. The largest absolute Gasteiger partial charge is 0.370 e. The first-order chi connectivity index (χ1) is 48.6. The van der Waals surface area contributed by atoms with Crippen LogP contribution in [0.25, 0.3) is 0 Å². The van der Waals surface area contributed by atoms with Crippen molar-refractivity contribution in [3.05, 3.63) is 200 Å². The van der Waals surface area contributed by atoms with Crippen LogP contribution in [0.1, 0.15) is 45.9 Å². The molecule has 46 heteroatoms. The summed E-state index contributed by atoms with van der Waals surface area (Å²) in [6.45, 7) is 10.1. The fourth-order valence-electron chi connectivity index (χ4n) is 8.40. The van der Waals surface area contributed by atoms with Crippen molar-refractivity contribution in [2.75, 3.05) is 87.9 Å². The minimum atomic E-state index is -0.779. The van der Waals surface area contributed by atoms with Crippen molar-refractivity contribution in [1.82, 2.24) is 85.1 Å². The van der Waals surface area contributed by atoms with Gasteiger partial charge in [0.1, 0.15) is 55.2 Å². The Hall–Kier alpha value is -9.46. The highest BCUT2D eigenvalue weighted by Gasteiger charge is 2.29. The smallest absolute Gasteiger partial charge is 0.277 e. The number of thioether (sulfide) groups is 1. The van der Waals surface area contributed by atoms with Gasteiger partial charge in [0.15, 0.2) is 35.0 Å². The second-order valence-electron chi connectivity index (χ2n) is 20.5. The van der Waals surface area contributed by atoms with Gasteiger partial charge in [-0.3, -0.25) is 15.0 Å². The number of aromatic nitrogens is 6. The number of guanidine groups is 3. The van der Waals surface area contributed by atoms with Gasteiger partial charge in [0, 0.05) is 127 Å². The number of halogens is 6. The van der Waals surface area contributed by atoms with Gasteiger partial charge in [0.05, 0.1) is 31.4 Å². The molecule has 0 aromatic carbocycles. The summed E-state index contributed by atoms with van der Waals surface area (Å²) >= 11 is 38.5. The number of nitrogens with zero attached hydrogens (tertiary/aromatic N) is 25. The van der Waals surface area contributed by atoms with Crippen LogP contribution < -0.4 is 16.0 Å². The van der Waals surface area contributed by atoms with Gasteiger partial charge >= 0.3 is 0 Å². The Labute approximate surface area is 627 Å². The average Bonchev–Trinajstić information content (AvgIpc) is 1.12. The lowest BCUT2D eigenvalue weighted by Crippen LogP contribution is -2.55. The number of hydrogen-bond donors (Lipinski definition) is 3. The van der Waals surface area contributed by atoms with Gasteiger partial charge in [-0.2, -0.15) is 15.5 Å². The van der Waals surface area contributed by atoms with Crippen molar-refractivity contribution >= 4 is 133 Å². The highest BCUT2D eigenvalue weighted by molar-refractivity contribution is 8.14. The lowest BCUT2D eigenvalue weighted by molar-refractivity contribution is -0.486. The first-order valence-electron chi connectivity index (χ1n) is 29.3. The van der Waals surface area contributed by atoms with Crippen molar-refractivity contribution in [3.8, 4) is 12.4 Å². The molecule has 3 N–H and O–H groups in total. The van der Waals surface area contributed by atoms with E-state index in [1.165, 1.54) is 29.7 Å². The number of nitro groups is 4. The predicted molar refractivity (Wildman–Crippen MR) is 392 cm³/mol. The topological polar surface area (TPSA) is 431 Å². The highest BCUT2D eigenvalue weighted by atomic mass is 35.5. The molecule has 0 unspecified atom stereocenters. The number of thiazole rings is 2. The van der Waals surface area contributed by atoms with Crippen molar-refractivity contribution < 1.29 is 24.8 Å². The summed E-state index contributed by atoms with van der Waals surface area (Å²) in [5, 5.41) is 77.2. The third-order valence-corrected chi connectivity index (χ3v) is 17.0. The predicted octanol–water partition coefficient (Wildman–Crippen LogP) is 8.59. The molecule has 0 atom stereocenters. The molecular weight excluding hydrogens is 1520 g/mol. The van der Waals surface area contributed by atoms with Crippen LogP contribution in [0, 0.1) is 63.4 Å². The molecule has 6 aromatic heterocycles. The molecule has 9 rings (SSSR count). The fourth-order valence-corrected chi connectivity index (χ4v) is 11.8. The van der Waals surface area contributed by atoms with E-state index in [2.05, 4.69) is 76.0 Å². The average molecular weight is 1590 g/mol. The third kappa shape index (κ3) is 32.5. The molecule has 9 heterocycles. The number of ether oxygens (including phenoxy) is 1. The van der Waals surface area contributed by atoms with Crippen molar-refractivity contribution in [2.24, 2.45) is 25.3 Å². The van der Waals surface area contributed by atoms with E-state index in [-0.39, 0.29) is 25.4 Å². The Morgan fingerprint density at radius 2 is 1.18 bits per heavy atom. The number of hydrogen-bond acceptors (Lipinski definition) is 25. The molecule has 546 valence electrons. The summed E-state index contributed by atoms with van der Waals surface area (Å²) in [7, 11) is 10.4. The second-order valence-corrected chi connectivity index (χ2v) is 26.5. The standard InChI is InChI=1S/C11H15ClN4O2.C10H9ClN4S.C10H11ClN4.C9H13ClN6O2S.C8H10ClN5O3S.C8H10ClN5O2/c1-3-15(11(13-2)8-16(17)18)7-9-4-5-10(12)14-6-9;11-9-2-1-8(5-13-9)6-15-3-4-16-10(15)14-7-12;1-8(14-7-12)15(2)6-9-3-4-10(11)13-5-9;1-13-5-14(2)9(12-16(17)18)15(6-13)4-7-3-11-8(10)19-7;1-12-4-17-5-13(8(12)11-14(15)16)3-6-2-10-7(9)18-6;1-10-8(13-14(15)16)12-5-6-2-3-7(9)11-4-6/h4-6,8,13H,3,7H2,1-2H3;1-2,5H,3-4,6H2;3-5H,6H2,1-2H3;3H,4-6H2,1-2H3;2H,3-5H2,1H3;2-4H,5H2,1H3,(H2,10,12,13)/b11-8+;;;12-9+;11-8+;. The number of aliphatic imine (C=N–C) groups is 2. The molecule has 102 heavy (non-hydrogen) atoms. The lowest BCUT2D eigenvalue weighted by Gasteiger charge is -2.39. The summed E-state index contributed by atoms with van der Waals surface area (Å²) < 4.78 is 6.18. The fraction of sp³-hybridized carbons (Fsp3) is 0.375. The van der Waals surface area contributed by atoms with Crippen LogP contribution in [0.5, 0.6) is 0 Å². The van der Waals surface area contributed by atoms with Crippen LogP contribution in [-0.2, 0) is 44.0 Å². The van der Waals surface area contributed by atoms with Crippen LogP contribution in [0.3, 0.4) is 0 Å². The quantitative estimate of drug-likeness (QED) is 0.0170. The number of nitrogens with one attached hydrogen (secondary N) is 3. The Bertz CT molecular complexity index is 3950. The molecular formula is C56H68Cl6N28O9S3. The Morgan fingerprint density at radius 3 is 1.63 bits per heavy atom. The van der Waals surface area contributed by atoms with Gasteiger partial charge in [0.2, 0.25) is 12.4 Å². The van der Waals surface area contributed by atoms with Crippen LogP contribution in [-0.4, -0.2) is 206 Å². The number of hydrazone groups is 3. The Morgan fingerprint density at radius 1 is 0.657 bits per heavy atom. The molecule has 0 aliphatic carbocycles. The zero-order valence-electron chi connectivity index (χ0n) is 55.7. The van der Waals surface area contributed by atoms with E-state index < -0.39 is 20.0 Å². The number of amidine groups is 2. The molecule has 0 saturated carbocycles. The molecule has 3 fully saturated rings. The zero-order chi connectivity index (χ0) is 75.3. The molecule has 0 amide bonds. The van der Waals surface area contributed by atoms with Gasteiger partial charge in [-0.1, -0.05) is 106 Å². The number of pyridine rings is 4. The van der Waals surface area contributed by atoms with Crippen LogP contribution >= 0.6 is 104 Å². The van der Waals surface area contributed by atoms with Gasteiger partial charge in [-0.05, 0) is 67.4 Å². The summed E-state index contributed by atoms with van der Waals surface area (Å²) in [6.07, 6.45) is 14.5. The van der Waals surface area contributed by atoms with Gasteiger partial charge < -0.3 is 55.0 Å². The monoisotopic (exact) mass is 1580 g/mol. The van der Waals surface area contributed by atoms with Crippen molar-refractivity contribution in [1.29, 1.82) is 10.5 Å². The molecule has 37 nitrogen and oxygen atoms in total. The molecule has 0 bridgehead atoms. The van der Waals surface area contributed by atoms with Crippen molar-refractivity contribution in [3.63, 3.8) is 0 Å². The van der Waals surface area contributed by atoms with E-state index >= 15 is 0 Å². The first-order valence-corrected chi connectivity index (χ1v) is 34.2. The summed E-state index contributed by atoms with van der Waals surface area (Å²) in [5.41, 5.74) is 3.87. The third-order valence-electron chi connectivity index (χ3n) is 12.9. The summed E-state index contributed by atoms with van der Waals surface area (Å²) in [6, 6.07) is 14.3. The first kappa shape index (κ1) is 85.0. The Balaban J connectivity index is 0.000000260. The minimum Gasteiger partial charge on any atom is -0.370 e. The SMILES string of the molecule is CC(=NC#N)N(C)Cc1ccc(Cl)nc1.CCN(Cc1ccc(Cl)nc1)/C(=C/[N+](=O)[O-])NC.CN/C(=N\[N+](=O)[O-])NCc1ccc(Cl)nc1.CN1CN(C)/C(=N\[N+](=O)[O-])N(Cc2cnc(Cl)s2)C1.CN1COCN(Cc2cnc(Cl)s2)/C1=N/[N+](=O)[O-].N#CN=C1SCCN1Cc1ccc(Cl)nc1. The number of nitriles is 2. The van der Waals surface area contributed by atoms with Crippen LogP contribution in [0.15, 0.2) is 123 Å². The maximum absolute atomic E-state index is 10.6. The van der Waals surface area contributed by atoms with Crippen LogP contribution in [0.4, 0.5) is 0 Å². The maximum atomic E-state index is 10.6. The van der Waals surface area contributed by atoms with Crippen molar-refractivity contribution in [2.45, 2.75) is 53.1 Å². The Kier molecular flexibility index (Phi) is 37.8.